The number of quaternary nitrogens is 1. The molecule has 4 heterocycles. The van der Waals surface area contributed by atoms with Gasteiger partial charge in [0.1, 0.15) is 17.8 Å². The van der Waals surface area contributed by atoms with Gasteiger partial charge >= 0.3 is 5.97 Å². The number of para-hydroxylation sites is 1. The molecular formula is C31H43N2O3+. The SMILES string of the molecule is CC(C(=O)O[C@@H]1C[N+]2(CCCOc3ccccc3)CCC1CC2)(c1ccccc1)N1CCCCCC1. The minimum Gasteiger partial charge on any atom is -0.493 e. The van der Waals surface area contributed by atoms with Gasteiger partial charge in [0.2, 0.25) is 0 Å². The fourth-order valence-corrected chi connectivity index (χ4v) is 6.74. The topological polar surface area (TPSA) is 38.8 Å². The average Bonchev–Trinajstić information content (AvgIpc) is 3.23. The van der Waals surface area contributed by atoms with Crippen LogP contribution in [0, 0.1) is 5.92 Å². The quantitative estimate of drug-likeness (QED) is 0.268. The van der Waals surface area contributed by atoms with Gasteiger partial charge < -0.3 is 14.0 Å². The molecule has 2 atom stereocenters. The van der Waals surface area contributed by atoms with Crippen molar-refractivity contribution in [2.45, 2.75) is 63.5 Å². The first-order chi connectivity index (χ1) is 17.6. The Balaban J connectivity index is 1.25. The van der Waals surface area contributed by atoms with Gasteiger partial charge in [-0.2, -0.15) is 0 Å². The van der Waals surface area contributed by atoms with Crippen LogP contribution in [-0.2, 0) is 15.1 Å². The van der Waals surface area contributed by atoms with Crippen LogP contribution in [-0.4, -0.2) is 67.3 Å². The van der Waals surface area contributed by atoms with Gasteiger partial charge in [0.15, 0.2) is 6.10 Å². The lowest BCUT2D eigenvalue weighted by atomic mass is 9.82. The maximum Gasteiger partial charge on any atom is 0.331 e. The molecule has 4 fully saturated rings. The van der Waals surface area contributed by atoms with Gasteiger partial charge in [-0.25, -0.2) is 4.79 Å². The fraction of sp³-hybridized carbons (Fsp3) is 0.581. The Morgan fingerprint density at radius 2 is 1.58 bits per heavy atom. The molecule has 194 valence electrons. The Kier molecular flexibility index (Phi) is 7.97. The molecule has 1 unspecified atom stereocenters. The summed E-state index contributed by atoms with van der Waals surface area (Å²) in [6.45, 7) is 9.19. The molecule has 5 heteroatoms. The first-order valence-corrected chi connectivity index (χ1v) is 14.1. The van der Waals surface area contributed by atoms with Gasteiger partial charge in [0.05, 0.1) is 26.2 Å². The zero-order valence-corrected chi connectivity index (χ0v) is 21.9. The third-order valence-corrected chi connectivity index (χ3v) is 9.06. The molecule has 2 aromatic rings. The summed E-state index contributed by atoms with van der Waals surface area (Å²) >= 11 is 0. The molecule has 0 aliphatic carbocycles. The molecule has 2 aromatic carbocycles. The first-order valence-electron chi connectivity index (χ1n) is 14.1. The summed E-state index contributed by atoms with van der Waals surface area (Å²) in [7, 11) is 0. The summed E-state index contributed by atoms with van der Waals surface area (Å²) in [5, 5.41) is 0. The molecule has 4 saturated heterocycles. The molecule has 0 saturated carbocycles. The van der Waals surface area contributed by atoms with Crippen molar-refractivity contribution in [1.82, 2.24) is 4.90 Å². The molecule has 0 aromatic heterocycles. The molecule has 0 radical (unpaired) electrons. The summed E-state index contributed by atoms with van der Waals surface area (Å²) in [5.41, 5.74) is 0.325. The highest BCUT2D eigenvalue weighted by atomic mass is 16.5. The van der Waals surface area contributed by atoms with E-state index in [-0.39, 0.29) is 12.1 Å². The van der Waals surface area contributed by atoms with Gasteiger partial charge in [-0.05, 0) is 50.6 Å². The number of esters is 1. The predicted molar refractivity (Wildman–Crippen MR) is 143 cm³/mol. The highest BCUT2D eigenvalue weighted by Gasteiger charge is 2.50. The molecule has 6 rings (SSSR count). The monoisotopic (exact) mass is 491 g/mol. The molecule has 2 bridgehead atoms. The van der Waals surface area contributed by atoms with Crippen molar-refractivity contribution in [2.24, 2.45) is 5.92 Å². The van der Waals surface area contributed by atoms with Crippen LogP contribution in [0.5, 0.6) is 5.75 Å². The summed E-state index contributed by atoms with van der Waals surface area (Å²) < 4.78 is 13.5. The largest absolute Gasteiger partial charge is 0.493 e. The number of fused-ring (bicyclic) bond motifs is 3. The minimum absolute atomic E-state index is 0.0186. The van der Waals surface area contributed by atoms with Crippen LogP contribution in [0.2, 0.25) is 0 Å². The Hall–Kier alpha value is -2.37. The van der Waals surface area contributed by atoms with Crippen molar-refractivity contribution in [1.29, 1.82) is 0 Å². The predicted octanol–water partition coefficient (Wildman–Crippen LogP) is 5.40. The van der Waals surface area contributed by atoms with Gasteiger partial charge in [0, 0.05) is 25.2 Å². The Bertz CT molecular complexity index is 966. The summed E-state index contributed by atoms with van der Waals surface area (Å²) in [6.07, 6.45) is 8.14. The van der Waals surface area contributed by atoms with E-state index < -0.39 is 5.54 Å². The smallest absolute Gasteiger partial charge is 0.331 e. The second-order valence-electron chi connectivity index (χ2n) is 11.3. The standard InChI is InChI=1S/C31H43N2O3/c1-31(27-13-6-4-7-14-27,32-19-10-2-3-11-20-32)30(34)36-29-25-33(22-17-26(29)18-23-33)21-12-24-35-28-15-8-5-9-16-28/h4-9,13-16,26,29H,2-3,10-12,17-25H2,1H3/q+1/t26?,29-,31?,33?/m1/s1. The Morgan fingerprint density at radius 3 is 2.25 bits per heavy atom. The lowest BCUT2D eigenvalue weighted by Crippen LogP contribution is -2.65. The summed E-state index contributed by atoms with van der Waals surface area (Å²) in [5.74, 6) is 1.38. The number of likely N-dealkylation sites (tertiary alicyclic amines) is 1. The van der Waals surface area contributed by atoms with E-state index in [0.29, 0.717) is 5.92 Å². The summed E-state index contributed by atoms with van der Waals surface area (Å²) in [6, 6.07) is 20.4. The lowest BCUT2D eigenvalue weighted by Gasteiger charge is -2.52. The van der Waals surface area contributed by atoms with Crippen LogP contribution < -0.4 is 4.74 Å². The van der Waals surface area contributed by atoms with Gasteiger partial charge in [-0.15, -0.1) is 0 Å². The zero-order chi connectivity index (χ0) is 24.8. The van der Waals surface area contributed by atoms with Gasteiger partial charge in [0.25, 0.3) is 0 Å². The number of ether oxygens (including phenoxy) is 2. The van der Waals surface area contributed by atoms with Crippen LogP contribution in [0.25, 0.3) is 0 Å². The van der Waals surface area contributed by atoms with E-state index >= 15 is 0 Å². The number of carbonyl (C=O) groups excluding carboxylic acids is 1. The highest BCUT2D eigenvalue weighted by Crippen LogP contribution is 2.38. The number of benzene rings is 2. The molecule has 4 aliphatic heterocycles. The van der Waals surface area contributed by atoms with E-state index in [4.69, 9.17) is 9.47 Å². The fourth-order valence-electron chi connectivity index (χ4n) is 6.74. The molecule has 0 spiro atoms. The second kappa shape index (κ2) is 11.4. The maximum absolute atomic E-state index is 14.1. The minimum atomic E-state index is -0.730. The third-order valence-electron chi connectivity index (χ3n) is 9.06. The number of hydrogen-bond donors (Lipinski definition) is 0. The zero-order valence-electron chi connectivity index (χ0n) is 21.9. The van der Waals surface area contributed by atoms with Crippen LogP contribution in [0.4, 0.5) is 0 Å². The second-order valence-corrected chi connectivity index (χ2v) is 11.3. The van der Waals surface area contributed by atoms with Crippen molar-refractivity contribution in [2.75, 3.05) is 45.9 Å². The molecule has 0 N–H and O–H groups in total. The Labute approximate surface area is 217 Å². The van der Waals surface area contributed by atoms with Crippen LogP contribution >= 0.6 is 0 Å². The number of carbonyl (C=O) groups is 1. The van der Waals surface area contributed by atoms with Crippen LogP contribution in [0.3, 0.4) is 0 Å². The maximum atomic E-state index is 14.1. The first kappa shape index (κ1) is 25.3. The molecule has 5 nitrogen and oxygen atoms in total. The van der Waals surface area contributed by atoms with E-state index in [1.807, 2.05) is 48.5 Å². The normalized spacial score (nSPS) is 28.1. The van der Waals surface area contributed by atoms with E-state index in [1.165, 1.54) is 25.9 Å². The molecule has 36 heavy (non-hydrogen) atoms. The molecule has 0 amide bonds. The highest BCUT2D eigenvalue weighted by molar-refractivity contribution is 5.82. The number of hydrogen-bond acceptors (Lipinski definition) is 4. The third kappa shape index (κ3) is 5.47. The van der Waals surface area contributed by atoms with Crippen molar-refractivity contribution in [3.05, 3.63) is 66.2 Å². The van der Waals surface area contributed by atoms with Crippen molar-refractivity contribution < 1.29 is 18.8 Å². The molecular weight excluding hydrogens is 448 g/mol. The molecule has 4 aliphatic rings. The van der Waals surface area contributed by atoms with Gasteiger partial charge in [-0.1, -0.05) is 61.4 Å². The van der Waals surface area contributed by atoms with E-state index in [2.05, 4.69) is 24.0 Å². The van der Waals surface area contributed by atoms with E-state index in [9.17, 15) is 4.79 Å². The van der Waals surface area contributed by atoms with Crippen molar-refractivity contribution in [3.8, 4) is 5.75 Å². The van der Waals surface area contributed by atoms with E-state index in [0.717, 1.165) is 80.7 Å². The average molecular weight is 492 g/mol. The van der Waals surface area contributed by atoms with Crippen LogP contribution in [0.1, 0.15) is 57.4 Å². The van der Waals surface area contributed by atoms with Crippen molar-refractivity contribution >= 4 is 5.97 Å². The summed E-state index contributed by atoms with van der Waals surface area (Å²) in [4.78, 5) is 16.4. The number of rotatable bonds is 9. The number of piperidine rings is 3. The van der Waals surface area contributed by atoms with Crippen LogP contribution in [0.15, 0.2) is 60.7 Å². The number of nitrogens with zero attached hydrogens (tertiary/aromatic N) is 2. The Morgan fingerprint density at radius 1 is 0.944 bits per heavy atom. The van der Waals surface area contributed by atoms with Crippen molar-refractivity contribution in [3.63, 3.8) is 0 Å². The lowest BCUT2D eigenvalue weighted by molar-refractivity contribution is -0.946. The van der Waals surface area contributed by atoms with Gasteiger partial charge in [-0.3, -0.25) is 4.90 Å². The van der Waals surface area contributed by atoms with E-state index in [1.54, 1.807) is 0 Å².